The fourth-order valence-electron chi connectivity index (χ4n) is 5.26. The Morgan fingerprint density at radius 1 is 1.23 bits per heavy atom. The summed E-state index contributed by atoms with van der Waals surface area (Å²) in [4.78, 5) is 61.6. The minimum absolute atomic E-state index is 0.144. The lowest BCUT2D eigenvalue weighted by molar-refractivity contribution is -0.385. The molecule has 0 spiro atoms. The van der Waals surface area contributed by atoms with E-state index >= 15 is 0 Å². The Morgan fingerprint density at radius 3 is 2.42 bits per heavy atom. The number of imide groups is 1. The van der Waals surface area contributed by atoms with Crippen LogP contribution in [0.5, 0.6) is 0 Å². The Bertz CT molecular complexity index is 963. The molecule has 3 fully saturated rings. The summed E-state index contributed by atoms with van der Waals surface area (Å²) in [5.74, 6) is -2.41. The number of benzene rings is 1. The number of carbonyl (C=O) groups is 4. The molecule has 0 aromatic heterocycles. The Balaban J connectivity index is 1.34. The largest absolute Gasteiger partial charge is 0.454 e. The molecule has 10 heteroatoms. The quantitative estimate of drug-likeness (QED) is 0.315. The number of carbonyl (C=O) groups excluding carboxylic acids is 4. The van der Waals surface area contributed by atoms with Gasteiger partial charge in [0.25, 0.3) is 11.6 Å². The van der Waals surface area contributed by atoms with Gasteiger partial charge in [-0.2, -0.15) is 0 Å². The number of hydrogen-bond acceptors (Lipinski definition) is 7. The molecule has 1 saturated heterocycles. The fraction of sp³-hybridized carbons (Fsp3) is 0.524. The second-order valence-electron chi connectivity index (χ2n) is 8.52. The third-order valence-electron chi connectivity index (χ3n) is 6.73. The maximum absolute atomic E-state index is 12.8. The van der Waals surface area contributed by atoms with Crippen LogP contribution in [0.4, 0.5) is 11.4 Å². The predicted octanol–water partition coefficient (Wildman–Crippen LogP) is 1.80. The molecule has 1 heterocycles. The molecule has 1 aliphatic heterocycles. The van der Waals surface area contributed by atoms with Gasteiger partial charge in [-0.15, -0.1) is 0 Å². The zero-order valence-corrected chi connectivity index (χ0v) is 17.2. The smallest absolute Gasteiger partial charge is 0.329 e. The van der Waals surface area contributed by atoms with Gasteiger partial charge in [0.05, 0.1) is 16.8 Å². The number of hydrogen-bond donors (Lipinski definition) is 1. The third-order valence-corrected chi connectivity index (χ3v) is 6.73. The minimum Gasteiger partial charge on any atom is -0.454 e. The van der Waals surface area contributed by atoms with E-state index in [4.69, 9.17) is 4.74 Å². The van der Waals surface area contributed by atoms with Gasteiger partial charge >= 0.3 is 5.97 Å². The van der Waals surface area contributed by atoms with E-state index in [0.717, 1.165) is 24.2 Å². The SMILES string of the molecule is Cc1ccc(NC(=O)COC(=O)[C@@H](C)N2C(=O)[C@@H]3[C@H]4CC[C@@H](C4)[C@@H]3C2=O)cc1[N+](=O)[O-]. The van der Waals surface area contributed by atoms with Gasteiger partial charge in [-0.25, -0.2) is 4.79 Å². The lowest BCUT2D eigenvalue weighted by Gasteiger charge is -2.23. The van der Waals surface area contributed by atoms with Crippen molar-refractivity contribution < 1.29 is 28.8 Å². The molecule has 5 atom stereocenters. The molecule has 0 unspecified atom stereocenters. The molecule has 4 rings (SSSR count). The normalized spacial score (nSPS) is 27.2. The maximum atomic E-state index is 12.8. The Hall–Kier alpha value is -3.30. The van der Waals surface area contributed by atoms with Crippen LogP contribution < -0.4 is 5.32 Å². The van der Waals surface area contributed by atoms with E-state index in [0.29, 0.717) is 5.56 Å². The zero-order valence-electron chi connectivity index (χ0n) is 17.2. The first-order valence-electron chi connectivity index (χ1n) is 10.3. The van der Waals surface area contributed by atoms with E-state index in [1.165, 1.54) is 25.1 Å². The van der Waals surface area contributed by atoms with Crippen LogP contribution in [-0.4, -0.2) is 46.2 Å². The van der Waals surface area contributed by atoms with Crippen molar-refractivity contribution in [2.24, 2.45) is 23.7 Å². The van der Waals surface area contributed by atoms with Crippen LogP contribution in [0.25, 0.3) is 0 Å². The molecule has 164 valence electrons. The summed E-state index contributed by atoms with van der Waals surface area (Å²) in [7, 11) is 0. The average Bonchev–Trinajstić information content (AvgIpc) is 3.40. The number of esters is 1. The summed E-state index contributed by atoms with van der Waals surface area (Å²) in [6, 6.07) is 3.10. The molecule has 10 nitrogen and oxygen atoms in total. The van der Waals surface area contributed by atoms with Crippen molar-refractivity contribution in [1.82, 2.24) is 4.90 Å². The monoisotopic (exact) mass is 429 g/mol. The minimum atomic E-state index is -1.11. The third kappa shape index (κ3) is 3.55. The molecule has 0 radical (unpaired) electrons. The van der Waals surface area contributed by atoms with Crippen LogP contribution in [0.15, 0.2) is 18.2 Å². The lowest BCUT2D eigenvalue weighted by atomic mass is 9.81. The number of nitrogens with one attached hydrogen (secondary N) is 1. The number of likely N-dealkylation sites (tertiary alicyclic amines) is 1. The summed E-state index contributed by atoms with van der Waals surface area (Å²) in [5, 5.41) is 13.4. The number of fused-ring (bicyclic) bond motifs is 5. The van der Waals surface area contributed by atoms with Gasteiger partial charge in [0.15, 0.2) is 6.61 Å². The van der Waals surface area contributed by atoms with Crippen LogP contribution in [0.2, 0.25) is 0 Å². The number of nitro benzene ring substituents is 1. The molecule has 2 aliphatic carbocycles. The number of nitro groups is 1. The van der Waals surface area contributed by atoms with E-state index in [-0.39, 0.29) is 46.9 Å². The first kappa shape index (κ1) is 21.0. The van der Waals surface area contributed by atoms with E-state index in [1.807, 2.05) is 0 Å². The van der Waals surface area contributed by atoms with E-state index < -0.39 is 29.4 Å². The average molecular weight is 429 g/mol. The Morgan fingerprint density at radius 2 is 1.84 bits per heavy atom. The van der Waals surface area contributed by atoms with Gasteiger partial charge in [0.2, 0.25) is 11.8 Å². The van der Waals surface area contributed by atoms with Crippen molar-refractivity contribution in [2.45, 2.75) is 39.2 Å². The van der Waals surface area contributed by atoms with Gasteiger partial charge in [-0.3, -0.25) is 29.4 Å². The standard InChI is InChI=1S/C21H23N3O7/c1-10-3-6-14(8-15(10)24(29)30)22-16(25)9-31-21(28)11(2)23-19(26)17-12-4-5-13(7-12)18(17)20(23)27/h3,6,8,11-13,17-18H,4-5,7,9H2,1-2H3,(H,22,25)/t11-,12+,13+,17-,18+/m1/s1. The van der Waals surface area contributed by atoms with Crippen molar-refractivity contribution in [2.75, 3.05) is 11.9 Å². The molecule has 2 bridgehead atoms. The number of amides is 3. The highest BCUT2D eigenvalue weighted by atomic mass is 16.6. The number of ether oxygens (including phenoxy) is 1. The van der Waals surface area contributed by atoms with E-state index in [2.05, 4.69) is 5.32 Å². The summed E-state index contributed by atoms with van der Waals surface area (Å²) in [5.41, 5.74) is 0.495. The van der Waals surface area contributed by atoms with Crippen LogP contribution in [-0.2, 0) is 23.9 Å². The molecular weight excluding hydrogens is 406 g/mol. The van der Waals surface area contributed by atoms with E-state index in [1.54, 1.807) is 6.92 Å². The Kier molecular flexibility index (Phi) is 5.24. The molecule has 2 saturated carbocycles. The first-order chi connectivity index (χ1) is 14.7. The highest BCUT2D eigenvalue weighted by molar-refractivity contribution is 6.08. The zero-order chi connectivity index (χ0) is 22.4. The van der Waals surface area contributed by atoms with Gasteiger partial charge in [0.1, 0.15) is 6.04 Å². The topological polar surface area (TPSA) is 136 Å². The summed E-state index contributed by atoms with van der Waals surface area (Å²) in [6.45, 7) is 2.36. The fourth-order valence-corrected chi connectivity index (χ4v) is 5.26. The molecule has 3 aliphatic rings. The maximum Gasteiger partial charge on any atom is 0.329 e. The number of rotatable bonds is 6. The van der Waals surface area contributed by atoms with Crippen molar-refractivity contribution in [1.29, 1.82) is 0 Å². The van der Waals surface area contributed by atoms with Crippen molar-refractivity contribution >= 4 is 35.1 Å². The van der Waals surface area contributed by atoms with Crippen molar-refractivity contribution in [3.63, 3.8) is 0 Å². The second kappa shape index (κ2) is 7.75. The molecule has 1 N–H and O–H groups in total. The molecule has 1 aromatic carbocycles. The Labute approximate surface area is 178 Å². The van der Waals surface area contributed by atoms with Crippen LogP contribution >= 0.6 is 0 Å². The lowest BCUT2D eigenvalue weighted by Crippen LogP contribution is -2.45. The van der Waals surface area contributed by atoms with Gasteiger partial charge in [0, 0.05) is 17.3 Å². The summed E-state index contributed by atoms with van der Waals surface area (Å²) in [6.07, 6.45) is 2.78. The molecule has 3 amide bonds. The predicted molar refractivity (Wildman–Crippen MR) is 107 cm³/mol. The molecular formula is C21H23N3O7. The van der Waals surface area contributed by atoms with Gasteiger partial charge < -0.3 is 10.1 Å². The van der Waals surface area contributed by atoms with Crippen LogP contribution in [0.1, 0.15) is 31.7 Å². The molecule has 31 heavy (non-hydrogen) atoms. The second-order valence-corrected chi connectivity index (χ2v) is 8.52. The number of anilines is 1. The summed E-state index contributed by atoms with van der Waals surface area (Å²) >= 11 is 0. The number of nitrogens with zero attached hydrogens (tertiary/aromatic N) is 2. The molecule has 1 aromatic rings. The van der Waals surface area contributed by atoms with Crippen LogP contribution in [0.3, 0.4) is 0 Å². The first-order valence-corrected chi connectivity index (χ1v) is 10.3. The van der Waals surface area contributed by atoms with Crippen molar-refractivity contribution in [3.8, 4) is 0 Å². The van der Waals surface area contributed by atoms with Crippen molar-refractivity contribution in [3.05, 3.63) is 33.9 Å². The van der Waals surface area contributed by atoms with Gasteiger partial charge in [-0.05, 0) is 51.0 Å². The highest BCUT2D eigenvalue weighted by Crippen LogP contribution is 2.56. The highest BCUT2D eigenvalue weighted by Gasteiger charge is 2.62. The van der Waals surface area contributed by atoms with Crippen LogP contribution in [0, 0.1) is 40.7 Å². The summed E-state index contributed by atoms with van der Waals surface area (Å²) < 4.78 is 5.01. The number of aryl methyl sites for hydroxylation is 1. The van der Waals surface area contributed by atoms with E-state index in [9.17, 15) is 29.3 Å². The van der Waals surface area contributed by atoms with Gasteiger partial charge in [-0.1, -0.05) is 6.07 Å².